The summed E-state index contributed by atoms with van der Waals surface area (Å²) in [5.74, 6) is 0.374. The van der Waals surface area contributed by atoms with Gasteiger partial charge in [-0.15, -0.1) is 11.8 Å². The van der Waals surface area contributed by atoms with Crippen molar-refractivity contribution in [1.82, 2.24) is 0 Å². The van der Waals surface area contributed by atoms with Crippen molar-refractivity contribution >= 4 is 17.7 Å². The predicted molar refractivity (Wildman–Crippen MR) is 148 cm³/mol. The van der Waals surface area contributed by atoms with Gasteiger partial charge in [0.1, 0.15) is 4.93 Å². The van der Waals surface area contributed by atoms with Crippen LogP contribution in [-0.2, 0) is 22.4 Å². The fourth-order valence-corrected chi connectivity index (χ4v) is 5.89. The highest BCUT2D eigenvalue weighted by molar-refractivity contribution is 8.00. The van der Waals surface area contributed by atoms with Crippen LogP contribution in [0.4, 0.5) is 0 Å². The van der Waals surface area contributed by atoms with Gasteiger partial charge in [-0.25, -0.2) is 0 Å². The van der Waals surface area contributed by atoms with E-state index in [9.17, 15) is 9.90 Å². The molecule has 0 saturated heterocycles. The van der Waals surface area contributed by atoms with Crippen molar-refractivity contribution in [3.63, 3.8) is 0 Å². The Hall–Kier alpha value is -1.00. The van der Waals surface area contributed by atoms with Gasteiger partial charge < -0.3 is 9.84 Å². The van der Waals surface area contributed by atoms with Gasteiger partial charge in [0.25, 0.3) is 0 Å². The molecule has 3 nitrogen and oxygen atoms in total. The first-order chi connectivity index (χ1) is 16.5. The Balaban J connectivity index is 2.30. The molecule has 0 saturated carbocycles. The van der Waals surface area contributed by atoms with Crippen LogP contribution in [0.25, 0.3) is 0 Å². The average Bonchev–Trinajstić information content (AvgIpc) is 2.83. The number of thioether (sulfide) groups is 1. The summed E-state index contributed by atoms with van der Waals surface area (Å²) in [4.78, 5) is 10.6. The summed E-state index contributed by atoms with van der Waals surface area (Å²) >= 11 is 1.50. The van der Waals surface area contributed by atoms with E-state index in [4.69, 9.17) is 4.74 Å². The predicted octanol–water partition coefficient (Wildman–Crippen LogP) is 8.65. The molecule has 0 aromatic heterocycles. The molecule has 1 N–H and O–H groups in total. The summed E-state index contributed by atoms with van der Waals surface area (Å²) in [6, 6.07) is 8.58. The minimum Gasteiger partial charge on any atom is -0.469 e. The SMILES string of the molecule is CCCCCCCCCCCCCCCc1ccccc1C[C@](O)(CCC)SCCC(=O)OC. The van der Waals surface area contributed by atoms with Crippen LogP contribution in [0, 0.1) is 0 Å². The molecule has 0 bridgehead atoms. The number of carbonyl (C=O) groups excluding carboxylic acids is 1. The normalized spacial score (nSPS) is 13.1. The fourth-order valence-electron chi connectivity index (χ4n) is 4.63. The lowest BCUT2D eigenvalue weighted by molar-refractivity contribution is -0.140. The number of ether oxygens (including phenoxy) is 1. The maximum Gasteiger partial charge on any atom is 0.306 e. The zero-order chi connectivity index (χ0) is 24.9. The number of aryl methyl sites for hydroxylation is 1. The van der Waals surface area contributed by atoms with E-state index in [2.05, 4.69) is 38.1 Å². The lowest BCUT2D eigenvalue weighted by atomic mass is 9.95. The van der Waals surface area contributed by atoms with Crippen LogP contribution in [0.3, 0.4) is 0 Å². The van der Waals surface area contributed by atoms with Gasteiger partial charge in [0.05, 0.1) is 13.5 Å². The molecule has 0 spiro atoms. The van der Waals surface area contributed by atoms with Crippen molar-refractivity contribution in [2.75, 3.05) is 12.9 Å². The van der Waals surface area contributed by atoms with Crippen molar-refractivity contribution in [1.29, 1.82) is 0 Å². The number of rotatable bonds is 22. The molecule has 0 heterocycles. The van der Waals surface area contributed by atoms with Crippen molar-refractivity contribution in [3.05, 3.63) is 35.4 Å². The van der Waals surface area contributed by atoms with E-state index in [0.29, 0.717) is 18.6 Å². The Kier molecular flexibility index (Phi) is 18.5. The molecule has 0 unspecified atom stereocenters. The zero-order valence-corrected chi connectivity index (χ0v) is 23.2. The minimum absolute atomic E-state index is 0.214. The van der Waals surface area contributed by atoms with Crippen LogP contribution in [0.1, 0.15) is 128 Å². The number of hydrogen-bond acceptors (Lipinski definition) is 4. The number of carbonyl (C=O) groups is 1. The van der Waals surface area contributed by atoms with Crippen LogP contribution in [0.15, 0.2) is 24.3 Å². The Morgan fingerprint density at radius 1 is 0.824 bits per heavy atom. The summed E-state index contributed by atoms with van der Waals surface area (Å²) in [7, 11) is 1.41. The van der Waals surface area contributed by atoms with Crippen LogP contribution in [0.2, 0.25) is 0 Å². The highest BCUT2D eigenvalue weighted by Crippen LogP contribution is 2.33. The molecule has 0 aliphatic carbocycles. The largest absolute Gasteiger partial charge is 0.469 e. The molecular weight excluding hydrogens is 440 g/mol. The van der Waals surface area contributed by atoms with E-state index in [1.807, 2.05) is 0 Å². The first-order valence-corrected chi connectivity index (χ1v) is 15.0. The Morgan fingerprint density at radius 2 is 1.35 bits per heavy atom. The molecule has 34 heavy (non-hydrogen) atoms. The Labute approximate surface area is 214 Å². The first kappa shape index (κ1) is 31.0. The van der Waals surface area contributed by atoms with Crippen LogP contribution >= 0.6 is 11.8 Å². The molecule has 0 aliphatic rings. The van der Waals surface area contributed by atoms with E-state index in [1.165, 1.54) is 113 Å². The van der Waals surface area contributed by atoms with Gasteiger partial charge in [-0.1, -0.05) is 122 Å². The van der Waals surface area contributed by atoms with Gasteiger partial charge in [-0.3, -0.25) is 4.79 Å². The molecule has 4 heteroatoms. The average molecular weight is 493 g/mol. The lowest BCUT2D eigenvalue weighted by Crippen LogP contribution is -2.28. The number of esters is 1. The summed E-state index contributed by atoms with van der Waals surface area (Å²) in [6.07, 6.45) is 21.6. The Bertz CT molecular complexity index is 633. The van der Waals surface area contributed by atoms with Gasteiger partial charge in [0.15, 0.2) is 0 Å². The third kappa shape index (κ3) is 15.1. The van der Waals surface area contributed by atoms with E-state index >= 15 is 0 Å². The Morgan fingerprint density at radius 3 is 1.88 bits per heavy atom. The smallest absolute Gasteiger partial charge is 0.306 e. The van der Waals surface area contributed by atoms with E-state index in [-0.39, 0.29) is 5.97 Å². The number of aliphatic hydroxyl groups is 1. The maximum absolute atomic E-state index is 11.5. The molecule has 0 fully saturated rings. The van der Waals surface area contributed by atoms with Crippen LogP contribution in [-0.4, -0.2) is 28.9 Å². The quantitative estimate of drug-likeness (QED) is 0.0999. The summed E-state index contributed by atoms with van der Waals surface area (Å²) in [5, 5.41) is 11.3. The van der Waals surface area contributed by atoms with Crippen LogP contribution < -0.4 is 0 Å². The molecule has 1 aromatic rings. The summed E-state index contributed by atoms with van der Waals surface area (Å²) in [5.41, 5.74) is 2.62. The van der Waals surface area contributed by atoms with Crippen molar-refractivity contribution in [2.45, 2.75) is 134 Å². The van der Waals surface area contributed by atoms with E-state index < -0.39 is 4.93 Å². The highest BCUT2D eigenvalue weighted by Gasteiger charge is 2.28. The molecule has 196 valence electrons. The monoisotopic (exact) mass is 492 g/mol. The topological polar surface area (TPSA) is 46.5 Å². The molecule has 1 rings (SSSR count). The third-order valence-electron chi connectivity index (χ3n) is 6.68. The minimum atomic E-state index is -0.825. The summed E-state index contributed by atoms with van der Waals surface area (Å²) < 4.78 is 4.74. The van der Waals surface area contributed by atoms with Gasteiger partial charge in [0.2, 0.25) is 0 Å². The van der Waals surface area contributed by atoms with Gasteiger partial charge >= 0.3 is 5.97 Å². The van der Waals surface area contributed by atoms with Gasteiger partial charge in [-0.2, -0.15) is 0 Å². The molecule has 1 aromatic carbocycles. The van der Waals surface area contributed by atoms with Gasteiger partial charge in [-0.05, 0) is 30.4 Å². The summed E-state index contributed by atoms with van der Waals surface area (Å²) in [6.45, 7) is 4.38. The van der Waals surface area contributed by atoms with Crippen molar-refractivity contribution < 1.29 is 14.6 Å². The molecular formula is C30H52O3S. The zero-order valence-electron chi connectivity index (χ0n) is 22.4. The number of methoxy groups -OCH3 is 1. The standard InChI is InChI=1S/C30H52O3S/c1-4-6-7-8-9-10-11-12-13-14-15-16-17-20-27-21-18-19-22-28(27)26-30(32,24-5-2)34-25-23-29(31)33-3/h18-19,21-22,32H,4-17,20,23-26H2,1-3H3/t30-/m0/s1. The molecule has 0 amide bonds. The fraction of sp³-hybridized carbons (Fsp3) is 0.767. The van der Waals surface area contributed by atoms with Crippen LogP contribution in [0.5, 0.6) is 0 Å². The third-order valence-corrected chi connectivity index (χ3v) is 7.97. The number of unbranched alkanes of at least 4 members (excludes halogenated alkanes) is 12. The van der Waals surface area contributed by atoms with Crippen molar-refractivity contribution in [2.24, 2.45) is 0 Å². The van der Waals surface area contributed by atoms with Gasteiger partial charge in [0, 0.05) is 12.2 Å². The lowest BCUT2D eigenvalue weighted by Gasteiger charge is -2.28. The molecule has 1 atom stereocenters. The maximum atomic E-state index is 11.5. The molecule has 0 radical (unpaired) electrons. The van der Waals surface area contributed by atoms with E-state index in [1.54, 1.807) is 0 Å². The second kappa shape index (κ2) is 20.2. The second-order valence-corrected chi connectivity index (χ2v) is 11.3. The molecule has 0 aliphatic heterocycles. The highest BCUT2D eigenvalue weighted by atomic mass is 32.2. The second-order valence-electron chi connectivity index (χ2n) is 9.81. The first-order valence-electron chi connectivity index (χ1n) is 14.0. The number of hydrogen-bond donors (Lipinski definition) is 1. The number of benzene rings is 1. The van der Waals surface area contributed by atoms with E-state index in [0.717, 1.165) is 19.3 Å². The van der Waals surface area contributed by atoms with Crippen molar-refractivity contribution in [3.8, 4) is 0 Å².